The second-order valence-electron chi connectivity index (χ2n) is 3.89. The third-order valence-electron chi connectivity index (χ3n) is 2.50. The van der Waals surface area contributed by atoms with Crippen molar-refractivity contribution in [3.05, 3.63) is 0 Å². The molecule has 0 bridgehead atoms. The summed E-state index contributed by atoms with van der Waals surface area (Å²) in [4.78, 5) is 0. The topological polar surface area (TPSA) is 19.9 Å². The van der Waals surface area contributed by atoms with Gasteiger partial charge in [-0.3, -0.25) is 0 Å². The minimum atomic E-state index is 0.122. The smallest absolute Gasteiger partial charge is 0.0822 e. The molecule has 0 amide bonds. The van der Waals surface area contributed by atoms with Crippen molar-refractivity contribution in [2.24, 2.45) is 0 Å². The summed E-state index contributed by atoms with van der Waals surface area (Å²) in [6.45, 7) is 2.37. The zero-order valence-corrected chi connectivity index (χ0v) is 9.19. The molecule has 0 aromatic heterocycles. The molecule has 13 heavy (non-hydrogen) atoms. The van der Waals surface area contributed by atoms with E-state index in [1.54, 1.807) is 0 Å². The van der Waals surface area contributed by atoms with Crippen LogP contribution in [0.5, 0.6) is 0 Å². The van der Waals surface area contributed by atoms with Gasteiger partial charge >= 0.3 is 0 Å². The van der Waals surface area contributed by atoms with Crippen LogP contribution in [0.1, 0.15) is 71.1 Å². The van der Waals surface area contributed by atoms with Crippen LogP contribution in [0.15, 0.2) is 0 Å². The minimum Gasteiger partial charge on any atom is -0.237 e. The second kappa shape index (κ2) is 12.0. The number of rotatable bonds is 10. The van der Waals surface area contributed by atoms with Crippen LogP contribution in [0, 0.1) is 0 Å². The molecule has 0 aromatic carbocycles. The average Bonchev–Trinajstić information content (AvgIpc) is 2.16. The molecule has 1 heteroatoms. The maximum atomic E-state index is 10.1. The Morgan fingerprint density at radius 3 is 1.38 bits per heavy atom. The van der Waals surface area contributed by atoms with Crippen LogP contribution in [0.3, 0.4) is 0 Å². The van der Waals surface area contributed by atoms with E-state index in [4.69, 9.17) is 0 Å². The van der Waals surface area contributed by atoms with Crippen molar-refractivity contribution in [2.45, 2.75) is 71.1 Å². The van der Waals surface area contributed by atoms with Crippen LogP contribution < -0.4 is 0 Å². The predicted octanol–water partition coefficient (Wildman–Crippen LogP) is 4.34. The van der Waals surface area contributed by atoms with Gasteiger partial charge in [-0.15, -0.1) is 0 Å². The molecule has 0 saturated carbocycles. The Labute approximate surface area is 83.5 Å². The Hall–Kier alpha value is -0.0400. The predicted molar refractivity (Wildman–Crippen MR) is 57.4 cm³/mol. The second-order valence-corrected chi connectivity index (χ2v) is 3.89. The van der Waals surface area contributed by atoms with Gasteiger partial charge in [-0.2, -0.15) is 0 Å². The fraction of sp³-hybridized carbons (Fsp3) is 1.00. The molecule has 0 aliphatic heterocycles. The summed E-state index contributed by atoms with van der Waals surface area (Å²) in [6, 6.07) is 0. The van der Waals surface area contributed by atoms with Crippen molar-refractivity contribution < 1.29 is 5.11 Å². The van der Waals surface area contributed by atoms with E-state index in [1.165, 1.54) is 51.4 Å². The molecule has 0 atom stereocenters. The summed E-state index contributed by atoms with van der Waals surface area (Å²) in [7, 11) is 0. The lowest BCUT2D eigenvalue weighted by Crippen LogP contribution is -1.83. The lowest BCUT2D eigenvalue weighted by molar-refractivity contribution is 0.186. The number of unbranched alkanes of at least 4 members (excludes halogenated alkanes) is 9. The van der Waals surface area contributed by atoms with E-state index in [2.05, 4.69) is 6.92 Å². The first kappa shape index (κ1) is 13.0. The van der Waals surface area contributed by atoms with Crippen molar-refractivity contribution in [3.63, 3.8) is 0 Å². The van der Waals surface area contributed by atoms with Gasteiger partial charge in [0.1, 0.15) is 0 Å². The monoisotopic (exact) mass is 185 g/mol. The molecule has 0 rings (SSSR count). The van der Waals surface area contributed by atoms with Crippen molar-refractivity contribution >= 4 is 0 Å². The molecule has 0 aromatic rings. The van der Waals surface area contributed by atoms with Gasteiger partial charge in [0.25, 0.3) is 0 Å². The highest BCUT2D eigenvalue weighted by Crippen LogP contribution is 2.09. The first-order valence-electron chi connectivity index (χ1n) is 6.00. The summed E-state index contributed by atoms with van der Waals surface area (Å²) in [5.74, 6) is 0. The van der Waals surface area contributed by atoms with Crippen LogP contribution in [-0.4, -0.2) is 6.61 Å². The SMILES string of the molecule is CCCCCCCCCCCC[O]. The first-order valence-corrected chi connectivity index (χ1v) is 6.00. The third kappa shape index (κ3) is 12.0. The van der Waals surface area contributed by atoms with Gasteiger partial charge in [-0.25, -0.2) is 5.11 Å². The van der Waals surface area contributed by atoms with Crippen LogP contribution in [0.25, 0.3) is 0 Å². The molecule has 0 heterocycles. The maximum Gasteiger partial charge on any atom is 0.0822 e. The van der Waals surface area contributed by atoms with Crippen LogP contribution in [-0.2, 0) is 5.11 Å². The molecular weight excluding hydrogens is 160 g/mol. The minimum absolute atomic E-state index is 0.122. The zero-order chi connectivity index (χ0) is 9.78. The summed E-state index contributed by atoms with van der Waals surface area (Å²) in [6.07, 6.45) is 13.0. The maximum absolute atomic E-state index is 10.1. The highest BCUT2D eigenvalue weighted by molar-refractivity contribution is 4.46. The highest BCUT2D eigenvalue weighted by atomic mass is 16.2. The van der Waals surface area contributed by atoms with E-state index in [0.717, 1.165) is 12.8 Å². The molecule has 0 aliphatic rings. The molecule has 0 aliphatic carbocycles. The Balaban J connectivity index is 2.76. The van der Waals surface area contributed by atoms with Crippen LogP contribution in [0.2, 0.25) is 0 Å². The number of hydrogen-bond donors (Lipinski definition) is 0. The van der Waals surface area contributed by atoms with Gasteiger partial charge < -0.3 is 0 Å². The third-order valence-corrected chi connectivity index (χ3v) is 2.50. The molecule has 79 valence electrons. The molecule has 0 saturated heterocycles. The van der Waals surface area contributed by atoms with E-state index < -0.39 is 0 Å². The Morgan fingerprint density at radius 1 is 0.615 bits per heavy atom. The van der Waals surface area contributed by atoms with Crippen LogP contribution in [0.4, 0.5) is 0 Å². The summed E-state index contributed by atoms with van der Waals surface area (Å²) >= 11 is 0. The molecule has 0 fully saturated rings. The highest BCUT2D eigenvalue weighted by Gasteiger charge is 1.91. The summed E-state index contributed by atoms with van der Waals surface area (Å²) < 4.78 is 0. The van der Waals surface area contributed by atoms with E-state index in [9.17, 15) is 5.11 Å². The molecule has 1 radical (unpaired) electrons. The lowest BCUT2D eigenvalue weighted by Gasteiger charge is -2.00. The van der Waals surface area contributed by atoms with Crippen molar-refractivity contribution in [3.8, 4) is 0 Å². The Kier molecular flexibility index (Phi) is 11.9. The molecule has 0 N–H and O–H groups in total. The summed E-state index contributed by atoms with van der Waals surface area (Å²) in [5, 5.41) is 10.1. The van der Waals surface area contributed by atoms with Gasteiger partial charge in [-0.1, -0.05) is 64.7 Å². The van der Waals surface area contributed by atoms with Gasteiger partial charge in [0, 0.05) is 0 Å². The fourth-order valence-corrected chi connectivity index (χ4v) is 1.59. The van der Waals surface area contributed by atoms with Gasteiger partial charge in [0.05, 0.1) is 6.61 Å². The van der Waals surface area contributed by atoms with Crippen LogP contribution >= 0.6 is 0 Å². The van der Waals surface area contributed by atoms with E-state index >= 15 is 0 Å². The van der Waals surface area contributed by atoms with Gasteiger partial charge in [0.15, 0.2) is 0 Å². The van der Waals surface area contributed by atoms with Crippen molar-refractivity contribution in [1.82, 2.24) is 0 Å². The molecule has 0 unspecified atom stereocenters. The standard InChI is InChI=1S/C12H25O/c1-2-3-4-5-6-7-8-9-10-11-12-13/h2-12H2,1H3. The largest absolute Gasteiger partial charge is 0.237 e. The number of hydrogen-bond acceptors (Lipinski definition) is 0. The molecule has 1 nitrogen and oxygen atoms in total. The quantitative estimate of drug-likeness (QED) is 0.451. The molecular formula is C12H25O. The van der Waals surface area contributed by atoms with E-state index in [0.29, 0.717) is 0 Å². The van der Waals surface area contributed by atoms with Crippen molar-refractivity contribution in [2.75, 3.05) is 6.61 Å². The van der Waals surface area contributed by atoms with E-state index in [-0.39, 0.29) is 6.61 Å². The first-order chi connectivity index (χ1) is 6.41. The Bertz CT molecular complexity index is 71.2. The lowest BCUT2D eigenvalue weighted by atomic mass is 10.1. The molecule has 0 spiro atoms. The van der Waals surface area contributed by atoms with Gasteiger partial charge in [0.2, 0.25) is 0 Å². The van der Waals surface area contributed by atoms with Gasteiger partial charge in [-0.05, 0) is 6.42 Å². The average molecular weight is 185 g/mol. The Morgan fingerprint density at radius 2 is 1.00 bits per heavy atom. The summed E-state index contributed by atoms with van der Waals surface area (Å²) in [5.41, 5.74) is 0. The van der Waals surface area contributed by atoms with Crippen molar-refractivity contribution in [1.29, 1.82) is 0 Å². The zero-order valence-electron chi connectivity index (χ0n) is 9.19. The normalized spacial score (nSPS) is 10.6. The van der Waals surface area contributed by atoms with E-state index in [1.807, 2.05) is 0 Å². The fourth-order valence-electron chi connectivity index (χ4n) is 1.59.